The zero-order valence-electron chi connectivity index (χ0n) is 18.9. The van der Waals surface area contributed by atoms with E-state index in [-0.39, 0.29) is 11.9 Å². The molecule has 1 aliphatic rings. The van der Waals surface area contributed by atoms with Crippen molar-refractivity contribution in [3.8, 4) is 5.69 Å². The Labute approximate surface area is 198 Å². The number of esters is 1. The molecular formula is C25H28N4O3S. The van der Waals surface area contributed by atoms with Crippen molar-refractivity contribution < 1.29 is 14.3 Å². The number of ether oxygens (including phenoxy) is 1. The van der Waals surface area contributed by atoms with Crippen LogP contribution in [0.2, 0.25) is 0 Å². The molecule has 0 aliphatic carbocycles. The largest absolute Gasteiger partial charge is 0.462 e. The molecule has 0 atom stereocenters. The molecule has 0 spiro atoms. The van der Waals surface area contributed by atoms with Gasteiger partial charge in [-0.3, -0.25) is 9.69 Å². The van der Waals surface area contributed by atoms with Crippen LogP contribution in [0.15, 0.2) is 54.7 Å². The zero-order valence-corrected chi connectivity index (χ0v) is 19.7. The van der Waals surface area contributed by atoms with E-state index in [9.17, 15) is 9.59 Å². The van der Waals surface area contributed by atoms with E-state index < -0.39 is 0 Å². The number of carbonyl (C=O) groups excluding carboxylic acids is 2. The van der Waals surface area contributed by atoms with Gasteiger partial charge in [0, 0.05) is 42.4 Å². The first-order valence-corrected chi connectivity index (χ1v) is 12.2. The van der Waals surface area contributed by atoms with Gasteiger partial charge in [-0.25, -0.2) is 9.48 Å². The third-order valence-electron chi connectivity index (χ3n) is 5.64. The number of para-hydroxylation sites is 1. The fourth-order valence-electron chi connectivity index (χ4n) is 3.81. The number of carbonyl (C=O) groups is 2. The van der Waals surface area contributed by atoms with Gasteiger partial charge in [0.2, 0.25) is 0 Å². The average Bonchev–Trinajstić information content (AvgIpc) is 3.22. The molecule has 8 heteroatoms. The third-order valence-corrected chi connectivity index (χ3v) is 6.58. The van der Waals surface area contributed by atoms with Gasteiger partial charge in [0.25, 0.3) is 5.91 Å². The Kier molecular flexibility index (Phi) is 7.47. The molecule has 1 N–H and O–H groups in total. The molecule has 4 rings (SSSR count). The maximum atomic E-state index is 12.9. The van der Waals surface area contributed by atoms with Gasteiger partial charge in [-0.2, -0.15) is 16.9 Å². The smallest absolute Gasteiger partial charge is 0.341 e. The number of hydrogen-bond acceptors (Lipinski definition) is 6. The number of amides is 1. The zero-order chi connectivity index (χ0) is 23.2. The van der Waals surface area contributed by atoms with Gasteiger partial charge in [-0.1, -0.05) is 18.2 Å². The van der Waals surface area contributed by atoms with Crippen molar-refractivity contribution in [3.05, 3.63) is 77.1 Å². The molecule has 0 bridgehead atoms. The summed E-state index contributed by atoms with van der Waals surface area (Å²) in [4.78, 5) is 27.4. The molecule has 1 aliphatic heterocycles. The molecule has 172 valence electrons. The van der Waals surface area contributed by atoms with Crippen LogP contribution in [-0.4, -0.2) is 57.8 Å². The van der Waals surface area contributed by atoms with Crippen LogP contribution in [-0.2, 0) is 11.3 Å². The highest BCUT2D eigenvalue weighted by Crippen LogP contribution is 2.21. The average molecular weight is 465 g/mol. The summed E-state index contributed by atoms with van der Waals surface area (Å²) >= 11 is 1.99. The second kappa shape index (κ2) is 10.7. The SMILES string of the molecule is CCOC(=O)c1cnn(-c2ccc(C(=O)Nc3ccccc3CN3CCSCC3)cc2)c1C. The topological polar surface area (TPSA) is 76.5 Å². The molecule has 0 saturated carbocycles. The minimum absolute atomic E-state index is 0.160. The number of rotatable bonds is 7. The standard InChI is InChI=1S/C25H28N4O3S/c1-3-32-25(31)22-16-26-29(18(22)2)21-10-8-19(9-11-21)24(30)27-23-7-5-4-6-20(23)17-28-12-14-33-15-13-28/h4-11,16H,3,12-15,17H2,1-2H3,(H,27,30). The van der Waals surface area contributed by atoms with E-state index in [1.54, 1.807) is 23.7 Å². The summed E-state index contributed by atoms with van der Waals surface area (Å²) in [6.07, 6.45) is 1.51. The maximum absolute atomic E-state index is 12.9. The molecule has 1 aromatic heterocycles. The van der Waals surface area contributed by atoms with Gasteiger partial charge in [-0.15, -0.1) is 0 Å². The molecule has 0 unspecified atom stereocenters. The molecule has 1 saturated heterocycles. The van der Waals surface area contributed by atoms with Crippen molar-refractivity contribution >= 4 is 29.3 Å². The highest BCUT2D eigenvalue weighted by molar-refractivity contribution is 7.99. The van der Waals surface area contributed by atoms with Gasteiger partial charge in [0.15, 0.2) is 0 Å². The lowest BCUT2D eigenvalue weighted by Crippen LogP contribution is -2.32. The van der Waals surface area contributed by atoms with Crippen LogP contribution in [0, 0.1) is 6.92 Å². The van der Waals surface area contributed by atoms with Crippen LogP contribution in [0.5, 0.6) is 0 Å². The Balaban J connectivity index is 1.46. The second-order valence-corrected chi connectivity index (χ2v) is 9.05. The first-order chi connectivity index (χ1) is 16.1. The minimum Gasteiger partial charge on any atom is -0.462 e. The highest BCUT2D eigenvalue weighted by atomic mass is 32.2. The summed E-state index contributed by atoms with van der Waals surface area (Å²) in [6, 6.07) is 15.1. The van der Waals surface area contributed by atoms with Gasteiger partial charge < -0.3 is 10.1 Å². The number of nitrogens with one attached hydrogen (secondary N) is 1. The van der Waals surface area contributed by atoms with Crippen LogP contribution in [0.3, 0.4) is 0 Å². The quantitative estimate of drug-likeness (QED) is 0.529. The summed E-state index contributed by atoms with van der Waals surface area (Å²) in [7, 11) is 0. The van der Waals surface area contributed by atoms with Crippen molar-refractivity contribution in [2.75, 3.05) is 36.5 Å². The Morgan fingerprint density at radius 2 is 1.82 bits per heavy atom. The first-order valence-electron chi connectivity index (χ1n) is 11.1. The summed E-state index contributed by atoms with van der Waals surface area (Å²) < 4.78 is 6.74. The fraction of sp³-hybridized carbons (Fsp3) is 0.320. The van der Waals surface area contributed by atoms with Crippen molar-refractivity contribution in [2.24, 2.45) is 0 Å². The monoisotopic (exact) mass is 464 g/mol. The van der Waals surface area contributed by atoms with Gasteiger partial charge in [0.1, 0.15) is 5.56 Å². The highest BCUT2D eigenvalue weighted by Gasteiger charge is 2.17. The number of hydrogen-bond donors (Lipinski definition) is 1. The summed E-state index contributed by atoms with van der Waals surface area (Å²) in [5.41, 5.74) is 4.40. The van der Waals surface area contributed by atoms with E-state index in [4.69, 9.17) is 4.74 Å². The van der Waals surface area contributed by atoms with Gasteiger partial charge in [-0.05, 0) is 49.7 Å². The van der Waals surface area contributed by atoms with Gasteiger partial charge in [0.05, 0.1) is 24.2 Å². The summed E-state index contributed by atoms with van der Waals surface area (Å²) in [6.45, 7) is 6.87. The molecular weight excluding hydrogens is 436 g/mol. The van der Waals surface area contributed by atoms with E-state index in [2.05, 4.69) is 21.4 Å². The Morgan fingerprint density at radius 3 is 2.55 bits per heavy atom. The lowest BCUT2D eigenvalue weighted by Gasteiger charge is -2.27. The fourth-order valence-corrected chi connectivity index (χ4v) is 4.79. The minimum atomic E-state index is -0.390. The predicted molar refractivity (Wildman–Crippen MR) is 131 cm³/mol. The number of anilines is 1. The molecule has 7 nitrogen and oxygen atoms in total. The Bertz CT molecular complexity index is 1120. The van der Waals surface area contributed by atoms with E-state index in [1.165, 1.54) is 6.20 Å². The lowest BCUT2D eigenvalue weighted by atomic mass is 10.1. The third kappa shape index (κ3) is 5.46. The van der Waals surface area contributed by atoms with Crippen LogP contribution in [0.4, 0.5) is 5.69 Å². The summed E-state index contributed by atoms with van der Waals surface area (Å²) in [5, 5.41) is 7.37. The van der Waals surface area contributed by atoms with Crippen molar-refractivity contribution in [1.29, 1.82) is 0 Å². The number of benzene rings is 2. The second-order valence-electron chi connectivity index (χ2n) is 7.82. The summed E-state index contributed by atoms with van der Waals surface area (Å²) in [5.74, 6) is 1.75. The molecule has 0 radical (unpaired) electrons. The number of nitrogens with zero attached hydrogens (tertiary/aromatic N) is 3. The van der Waals surface area contributed by atoms with Crippen molar-refractivity contribution in [3.63, 3.8) is 0 Å². The maximum Gasteiger partial charge on any atom is 0.341 e. The molecule has 33 heavy (non-hydrogen) atoms. The van der Waals surface area contributed by atoms with Crippen molar-refractivity contribution in [2.45, 2.75) is 20.4 Å². The Hall–Kier alpha value is -3.10. The number of thioether (sulfide) groups is 1. The lowest BCUT2D eigenvalue weighted by molar-refractivity contribution is 0.0525. The molecule has 1 fully saturated rings. The predicted octanol–water partition coefficient (Wildman–Crippen LogP) is 4.16. The van der Waals surface area contributed by atoms with Crippen molar-refractivity contribution in [1.82, 2.24) is 14.7 Å². The van der Waals surface area contributed by atoms with Gasteiger partial charge >= 0.3 is 5.97 Å². The molecule has 1 amide bonds. The van der Waals surface area contributed by atoms with E-state index in [1.807, 2.05) is 49.0 Å². The molecule has 3 aromatic rings. The van der Waals surface area contributed by atoms with Crippen LogP contribution in [0.25, 0.3) is 5.69 Å². The van der Waals surface area contributed by atoms with E-state index in [0.29, 0.717) is 23.4 Å². The van der Waals surface area contributed by atoms with Crippen LogP contribution in [0.1, 0.15) is 38.9 Å². The first kappa shape index (κ1) is 23.1. The van der Waals surface area contributed by atoms with E-state index in [0.717, 1.165) is 48.1 Å². The molecule has 2 aromatic carbocycles. The number of aromatic nitrogens is 2. The van der Waals surface area contributed by atoms with Crippen LogP contribution >= 0.6 is 11.8 Å². The Morgan fingerprint density at radius 1 is 1.09 bits per heavy atom. The van der Waals surface area contributed by atoms with Crippen LogP contribution < -0.4 is 5.32 Å². The van der Waals surface area contributed by atoms with E-state index >= 15 is 0 Å². The normalized spacial score (nSPS) is 14.1. The molecule has 2 heterocycles.